The van der Waals surface area contributed by atoms with Gasteiger partial charge in [-0.2, -0.15) is 0 Å². The van der Waals surface area contributed by atoms with Crippen molar-refractivity contribution in [1.29, 1.82) is 0 Å². The van der Waals surface area contributed by atoms with Crippen LogP contribution in [0.1, 0.15) is 27.7 Å². The molecule has 150 valence electrons. The van der Waals surface area contributed by atoms with Gasteiger partial charge in [0.1, 0.15) is 12.2 Å². The maximum atomic E-state index is 12.2. The lowest BCUT2D eigenvalue weighted by molar-refractivity contribution is -0.409. The highest BCUT2D eigenvalue weighted by molar-refractivity contribution is 6.06. The van der Waals surface area contributed by atoms with E-state index in [0.717, 1.165) is 6.92 Å². The molecule has 0 aromatic heterocycles. The number of azide groups is 1. The van der Waals surface area contributed by atoms with Gasteiger partial charge in [0.25, 0.3) is 5.91 Å². The number of carbonyl (C=O) groups excluding carboxylic acids is 4. The Morgan fingerprint density at radius 2 is 1.41 bits per heavy atom. The van der Waals surface area contributed by atoms with Crippen molar-refractivity contribution < 1.29 is 49.4 Å². The minimum absolute atomic E-state index is 0.539. The van der Waals surface area contributed by atoms with Crippen molar-refractivity contribution in [2.75, 3.05) is 0 Å². The Bertz CT molecular complexity index is 764. The highest BCUT2D eigenvalue weighted by Gasteiger charge is 2.83. The molecule has 0 aromatic rings. The van der Waals surface area contributed by atoms with E-state index < -0.39 is 58.1 Å². The van der Waals surface area contributed by atoms with Gasteiger partial charge >= 0.3 is 0 Å². The van der Waals surface area contributed by atoms with Crippen LogP contribution in [0.2, 0.25) is 0 Å². The second-order valence-corrected chi connectivity index (χ2v) is 6.25. The number of nitrogens with zero attached hydrogens (tertiary/aromatic N) is 3. The van der Waals surface area contributed by atoms with Gasteiger partial charge in [0.2, 0.25) is 11.2 Å². The maximum Gasteiger partial charge on any atom is 0.288 e. The molecule has 0 aromatic carbocycles. The molecule has 0 amide bonds. The predicted molar refractivity (Wildman–Crippen MR) is 82.5 cm³/mol. The minimum atomic E-state index is -3.88. The molecule has 1 heterocycles. The molecule has 0 bridgehead atoms. The Morgan fingerprint density at radius 1 is 0.963 bits per heavy atom. The second kappa shape index (κ2) is 6.73. The molecule has 13 nitrogen and oxygen atoms in total. The topological polar surface area (TPSA) is 227 Å². The third-order valence-corrected chi connectivity index (χ3v) is 4.69. The van der Waals surface area contributed by atoms with Gasteiger partial charge in [-0.05, 0) is 38.3 Å². The molecule has 0 saturated carbocycles. The monoisotopic (exact) mass is 389 g/mol. The fraction of sp³-hybridized carbons (Fsp3) is 0.714. The zero-order valence-electron chi connectivity index (χ0n) is 14.8. The Balaban J connectivity index is 4.14. The number of ether oxygens (including phenoxy) is 1. The summed E-state index contributed by atoms with van der Waals surface area (Å²) in [5.74, 6) is -9.70. The van der Waals surface area contributed by atoms with Crippen molar-refractivity contribution in [3.8, 4) is 0 Å². The van der Waals surface area contributed by atoms with Crippen molar-refractivity contribution in [1.82, 2.24) is 0 Å². The molecule has 0 radical (unpaired) electrons. The third kappa shape index (κ3) is 2.60. The van der Waals surface area contributed by atoms with Crippen molar-refractivity contribution in [2.24, 2.45) is 5.11 Å². The summed E-state index contributed by atoms with van der Waals surface area (Å²) < 4.78 is 4.75. The molecule has 1 aliphatic heterocycles. The highest BCUT2D eigenvalue weighted by atomic mass is 16.7. The van der Waals surface area contributed by atoms with E-state index in [0.29, 0.717) is 20.8 Å². The molecule has 1 aliphatic rings. The lowest BCUT2D eigenvalue weighted by Crippen LogP contribution is -2.90. The number of aliphatic hydroxyl groups excluding tert-OH is 1. The van der Waals surface area contributed by atoms with Gasteiger partial charge in [-0.15, -0.1) is 0 Å². The molecule has 1 unspecified atom stereocenters. The second-order valence-electron chi connectivity index (χ2n) is 6.25. The van der Waals surface area contributed by atoms with Crippen LogP contribution in [0.15, 0.2) is 5.11 Å². The van der Waals surface area contributed by atoms with E-state index in [1.54, 1.807) is 0 Å². The van der Waals surface area contributed by atoms with Gasteiger partial charge in [0, 0.05) is 4.91 Å². The Hall–Kier alpha value is -2.25. The third-order valence-electron chi connectivity index (χ3n) is 4.69. The zero-order valence-corrected chi connectivity index (χ0v) is 14.8. The molecule has 5 N–H and O–H groups in total. The number of hydrogen-bond donors (Lipinski definition) is 5. The first-order valence-corrected chi connectivity index (χ1v) is 7.44. The fourth-order valence-corrected chi connectivity index (χ4v) is 3.19. The number of aliphatic hydroxyl groups is 5. The lowest BCUT2D eigenvalue weighted by Gasteiger charge is -2.59. The standard InChI is InChI=1S/C14H19N3O10/c1-5(18)9(22)10-11(23,6(2)19)12(24,7(3)20)13(25,8(4)21)14(26,27-10)16-17-15/h9-10,22-26H,1-4H3/t9?,10-,11-,12+,13-,14+/m1/s1. The largest absolute Gasteiger partial charge is 0.382 e. The molecule has 27 heavy (non-hydrogen) atoms. The quantitative estimate of drug-likeness (QED) is 0.179. The fourth-order valence-electron chi connectivity index (χ4n) is 3.19. The van der Waals surface area contributed by atoms with Crippen LogP contribution in [0, 0.1) is 0 Å². The van der Waals surface area contributed by atoms with Gasteiger partial charge in [-0.3, -0.25) is 19.2 Å². The Labute approximate surface area is 151 Å². The average Bonchev–Trinajstić information content (AvgIpc) is 2.55. The Morgan fingerprint density at radius 3 is 1.70 bits per heavy atom. The summed E-state index contributed by atoms with van der Waals surface area (Å²) in [5, 5.41) is 55.8. The maximum absolute atomic E-state index is 12.2. The van der Waals surface area contributed by atoms with Crippen LogP contribution in [0.3, 0.4) is 0 Å². The van der Waals surface area contributed by atoms with Crippen molar-refractivity contribution >= 4 is 23.1 Å². The molecule has 1 rings (SSSR count). The number of ketones is 4. The summed E-state index contributed by atoms with van der Waals surface area (Å²) in [7, 11) is 0. The summed E-state index contributed by atoms with van der Waals surface area (Å²) in [4.78, 5) is 50.3. The SMILES string of the molecule is CC(=O)C(O)[C@H]1O[C@](O)(N=[N+]=[N-])[C@@](O)(C(C)=O)[C@](O)(C(C)=O)[C@@]1(O)C(C)=O. The molecule has 0 aliphatic carbocycles. The Kier molecular flexibility index (Phi) is 5.68. The first-order chi connectivity index (χ1) is 12.1. The predicted octanol–water partition coefficient (Wildman–Crippen LogP) is -2.75. The zero-order chi connectivity index (χ0) is 21.6. The minimum Gasteiger partial charge on any atom is -0.382 e. The normalized spacial score (nSPS) is 39.8. The van der Waals surface area contributed by atoms with E-state index in [1.807, 2.05) is 0 Å². The van der Waals surface area contributed by atoms with E-state index in [9.17, 15) is 44.7 Å². The number of Topliss-reactive ketones (excluding diaryl/α,β-unsaturated/α-hetero) is 4. The van der Waals surface area contributed by atoms with Crippen LogP contribution in [0.4, 0.5) is 0 Å². The van der Waals surface area contributed by atoms with Crippen LogP contribution < -0.4 is 0 Å². The van der Waals surface area contributed by atoms with Crippen LogP contribution >= 0.6 is 0 Å². The van der Waals surface area contributed by atoms with Gasteiger partial charge in [0.05, 0.1) is 0 Å². The van der Waals surface area contributed by atoms with Gasteiger partial charge < -0.3 is 30.3 Å². The average molecular weight is 389 g/mol. The van der Waals surface area contributed by atoms with Crippen molar-refractivity contribution in [2.45, 2.75) is 62.6 Å². The van der Waals surface area contributed by atoms with E-state index in [1.165, 1.54) is 0 Å². The smallest absolute Gasteiger partial charge is 0.288 e. The summed E-state index contributed by atoms with van der Waals surface area (Å²) >= 11 is 0. The number of carbonyl (C=O) groups is 4. The molecule has 6 atom stereocenters. The summed E-state index contributed by atoms with van der Waals surface area (Å²) in [5.41, 5.74) is -2.70. The lowest BCUT2D eigenvalue weighted by atomic mass is 9.59. The van der Waals surface area contributed by atoms with Crippen LogP contribution in [0.5, 0.6) is 0 Å². The van der Waals surface area contributed by atoms with E-state index >= 15 is 0 Å². The summed E-state index contributed by atoms with van der Waals surface area (Å²) in [6.07, 6.45) is -5.04. The van der Waals surface area contributed by atoms with Gasteiger partial charge in [-0.25, -0.2) is 0 Å². The molecular formula is C14H19N3O10. The molecule has 1 fully saturated rings. The van der Waals surface area contributed by atoms with Crippen LogP contribution in [-0.2, 0) is 23.9 Å². The summed E-state index contributed by atoms with van der Waals surface area (Å²) in [6.45, 7) is 2.47. The van der Waals surface area contributed by atoms with E-state index in [2.05, 4.69) is 10.0 Å². The molecule has 1 saturated heterocycles. The van der Waals surface area contributed by atoms with E-state index in [-0.39, 0.29) is 0 Å². The van der Waals surface area contributed by atoms with Crippen molar-refractivity contribution in [3.05, 3.63) is 10.4 Å². The first-order valence-electron chi connectivity index (χ1n) is 7.44. The van der Waals surface area contributed by atoms with Crippen LogP contribution in [0.25, 0.3) is 10.4 Å². The van der Waals surface area contributed by atoms with Gasteiger partial charge in [0.15, 0.2) is 28.7 Å². The molecule has 0 spiro atoms. The number of rotatable bonds is 6. The summed E-state index contributed by atoms with van der Waals surface area (Å²) in [6, 6.07) is 0. The van der Waals surface area contributed by atoms with E-state index in [4.69, 9.17) is 10.3 Å². The first kappa shape index (κ1) is 22.8. The number of hydrogen-bond acceptors (Lipinski definition) is 11. The molecular weight excluding hydrogens is 370 g/mol. The van der Waals surface area contributed by atoms with Crippen LogP contribution in [-0.4, -0.2) is 83.6 Å². The van der Waals surface area contributed by atoms with Crippen molar-refractivity contribution in [3.63, 3.8) is 0 Å². The highest BCUT2D eigenvalue weighted by Crippen LogP contribution is 2.51. The molecule has 13 heteroatoms. The van der Waals surface area contributed by atoms with Gasteiger partial charge in [-0.1, -0.05) is 0 Å².